The first-order chi connectivity index (χ1) is 17.9. The van der Waals surface area contributed by atoms with Gasteiger partial charge >= 0.3 is 0 Å². The fraction of sp³-hybridized carbons (Fsp3) is 0.360. The Labute approximate surface area is 212 Å². The third kappa shape index (κ3) is 6.25. The van der Waals surface area contributed by atoms with Crippen LogP contribution in [0, 0.1) is 11.3 Å². The molecule has 0 spiro atoms. The third-order valence-electron chi connectivity index (χ3n) is 5.64. The highest BCUT2D eigenvalue weighted by molar-refractivity contribution is 5.80. The van der Waals surface area contributed by atoms with Crippen LogP contribution >= 0.6 is 0 Å². The highest BCUT2D eigenvalue weighted by atomic mass is 19.1. The van der Waals surface area contributed by atoms with Gasteiger partial charge in [-0.25, -0.2) is 19.3 Å². The zero-order chi connectivity index (χ0) is 26.4. The van der Waals surface area contributed by atoms with Crippen LogP contribution in [0.4, 0.5) is 16.0 Å². The number of nitrogens with one attached hydrogen (secondary N) is 1. The molecule has 1 amide bonds. The lowest BCUT2D eigenvalue weighted by atomic mass is 10.0. The van der Waals surface area contributed by atoms with E-state index in [0.29, 0.717) is 29.6 Å². The van der Waals surface area contributed by atoms with Crippen LogP contribution in [-0.4, -0.2) is 73.9 Å². The molecule has 0 bridgehead atoms. The van der Waals surface area contributed by atoms with Gasteiger partial charge in [-0.15, -0.1) is 0 Å². The second-order valence-electron chi connectivity index (χ2n) is 8.32. The molecule has 37 heavy (non-hydrogen) atoms. The Balaban J connectivity index is 1.46. The van der Waals surface area contributed by atoms with Gasteiger partial charge in [0.05, 0.1) is 30.6 Å². The summed E-state index contributed by atoms with van der Waals surface area (Å²) in [5.41, 5.74) is 1.40. The summed E-state index contributed by atoms with van der Waals surface area (Å²) >= 11 is 0. The van der Waals surface area contributed by atoms with Gasteiger partial charge in [-0.2, -0.15) is 10.2 Å². The van der Waals surface area contributed by atoms with E-state index in [0.717, 1.165) is 0 Å². The van der Waals surface area contributed by atoms with Crippen molar-refractivity contribution in [3.05, 3.63) is 48.4 Å². The number of piperidine rings is 1. The van der Waals surface area contributed by atoms with Crippen LogP contribution in [0.15, 0.2) is 42.9 Å². The maximum Gasteiger partial charge on any atom is 0.251 e. The number of nitrogens with zero attached hydrogens (tertiary/aromatic N) is 6. The van der Waals surface area contributed by atoms with Crippen LogP contribution in [-0.2, 0) is 4.79 Å². The number of halogens is 1. The molecule has 2 N–H and O–H groups in total. The summed E-state index contributed by atoms with van der Waals surface area (Å²) in [6.07, 6.45) is -0.305. The van der Waals surface area contributed by atoms with E-state index >= 15 is 0 Å². The fourth-order valence-electron chi connectivity index (χ4n) is 3.81. The number of rotatable bonds is 8. The lowest BCUT2D eigenvalue weighted by molar-refractivity contribution is -0.143. The van der Waals surface area contributed by atoms with Crippen molar-refractivity contribution < 1.29 is 23.8 Å². The number of aliphatic hydroxyl groups is 1. The first kappa shape index (κ1) is 25.7. The number of alkyl halides is 1. The van der Waals surface area contributed by atoms with E-state index in [1.807, 2.05) is 6.92 Å². The number of ether oxygens (including phenoxy) is 2. The number of hydrogen-bond donors (Lipinski definition) is 2. The molecule has 1 unspecified atom stereocenters. The second kappa shape index (κ2) is 11.6. The molecule has 1 fully saturated rings. The molecule has 192 valence electrons. The van der Waals surface area contributed by atoms with Crippen molar-refractivity contribution in [2.75, 3.05) is 25.0 Å². The monoisotopic (exact) mass is 507 g/mol. The number of likely N-dealkylation sites (tertiary alicyclic amines) is 1. The Hall–Kier alpha value is -4.37. The number of carbonyl (C=O) groups is 1. The Bertz CT molecular complexity index is 1280. The molecule has 12 heteroatoms. The average molecular weight is 508 g/mol. The van der Waals surface area contributed by atoms with Crippen LogP contribution in [0.25, 0.3) is 11.4 Å². The molecule has 2 aromatic heterocycles. The SMILES string of the molecule is CCOc1ccc(Nc2ncnc(-c3ccc(O[C@H]4CCN(C(=O)C(C)O)C[C@H]4F)c(C#N)c3)n2)cn1. The quantitative estimate of drug-likeness (QED) is 0.466. The summed E-state index contributed by atoms with van der Waals surface area (Å²) < 4.78 is 25.9. The first-order valence-electron chi connectivity index (χ1n) is 11.7. The minimum absolute atomic E-state index is 0.182. The van der Waals surface area contributed by atoms with Gasteiger partial charge in [0, 0.05) is 24.6 Å². The minimum Gasteiger partial charge on any atom is -0.486 e. The average Bonchev–Trinajstić information content (AvgIpc) is 2.91. The minimum atomic E-state index is -1.46. The summed E-state index contributed by atoms with van der Waals surface area (Å²) in [6, 6.07) is 10.4. The molecule has 3 heterocycles. The number of amides is 1. The topological polar surface area (TPSA) is 146 Å². The van der Waals surface area contributed by atoms with Crippen LogP contribution in [0.3, 0.4) is 0 Å². The van der Waals surface area contributed by atoms with E-state index < -0.39 is 24.3 Å². The number of carbonyl (C=O) groups excluding carboxylic acids is 1. The molecule has 0 aliphatic carbocycles. The molecule has 3 atom stereocenters. The predicted molar refractivity (Wildman–Crippen MR) is 131 cm³/mol. The predicted octanol–water partition coefficient (Wildman–Crippen LogP) is 2.65. The molecule has 4 rings (SSSR count). The largest absolute Gasteiger partial charge is 0.486 e. The second-order valence-corrected chi connectivity index (χ2v) is 8.32. The van der Waals surface area contributed by atoms with Gasteiger partial charge in [0.25, 0.3) is 5.91 Å². The lowest BCUT2D eigenvalue weighted by Gasteiger charge is -2.35. The van der Waals surface area contributed by atoms with E-state index in [4.69, 9.17) is 9.47 Å². The Morgan fingerprint density at radius 2 is 2.16 bits per heavy atom. The summed E-state index contributed by atoms with van der Waals surface area (Å²) in [4.78, 5) is 30.1. The van der Waals surface area contributed by atoms with Gasteiger partial charge in [-0.1, -0.05) is 0 Å². The van der Waals surface area contributed by atoms with Crippen LogP contribution in [0.1, 0.15) is 25.8 Å². The molecular weight excluding hydrogens is 481 g/mol. The first-order valence-corrected chi connectivity index (χ1v) is 11.7. The van der Waals surface area contributed by atoms with Gasteiger partial charge in [0.2, 0.25) is 11.8 Å². The van der Waals surface area contributed by atoms with Gasteiger partial charge in [0.1, 0.15) is 30.4 Å². The number of nitriles is 1. The highest BCUT2D eigenvalue weighted by Gasteiger charge is 2.34. The van der Waals surface area contributed by atoms with Crippen LogP contribution in [0.5, 0.6) is 11.6 Å². The maximum atomic E-state index is 14.7. The number of benzene rings is 1. The molecule has 0 radical (unpaired) electrons. The molecule has 1 aliphatic heterocycles. The summed E-state index contributed by atoms with van der Waals surface area (Å²) in [7, 11) is 0. The van der Waals surface area contributed by atoms with Gasteiger partial charge in [0.15, 0.2) is 12.0 Å². The normalized spacial score (nSPS) is 18.0. The van der Waals surface area contributed by atoms with E-state index in [1.165, 1.54) is 18.2 Å². The van der Waals surface area contributed by atoms with E-state index in [2.05, 4.69) is 31.3 Å². The Morgan fingerprint density at radius 3 is 2.84 bits per heavy atom. The Morgan fingerprint density at radius 1 is 1.32 bits per heavy atom. The molecule has 11 nitrogen and oxygen atoms in total. The van der Waals surface area contributed by atoms with E-state index in [1.54, 1.807) is 36.5 Å². The number of pyridine rings is 1. The van der Waals surface area contributed by atoms with Crippen molar-refractivity contribution >= 4 is 17.5 Å². The number of anilines is 2. The van der Waals surface area contributed by atoms with Gasteiger partial charge in [-0.05, 0) is 38.1 Å². The molecular formula is C25H26FN7O4. The van der Waals surface area contributed by atoms with Gasteiger partial charge < -0.3 is 24.8 Å². The van der Waals surface area contributed by atoms with E-state index in [9.17, 15) is 19.6 Å². The molecule has 0 saturated carbocycles. The maximum absolute atomic E-state index is 14.7. The summed E-state index contributed by atoms with van der Waals surface area (Å²) in [5, 5.41) is 22.2. The van der Waals surface area contributed by atoms with Crippen molar-refractivity contribution in [3.8, 4) is 29.1 Å². The number of aliphatic hydroxyl groups excluding tert-OH is 1. The van der Waals surface area contributed by atoms with E-state index in [-0.39, 0.29) is 36.8 Å². The van der Waals surface area contributed by atoms with Crippen molar-refractivity contribution in [1.82, 2.24) is 24.8 Å². The molecule has 3 aromatic rings. The zero-order valence-electron chi connectivity index (χ0n) is 20.3. The van der Waals surface area contributed by atoms with Gasteiger partial charge in [-0.3, -0.25) is 4.79 Å². The van der Waals surface area contributed by atoms with Crippen molar-refractivity contribution in [2.24, 2.45) is 0 Å². The standard InChI is InChI=1S/C25H26FN7O4/c1-3-36-22-7-5-18(12-28-22)31-25-30-14-29-23(32-25)16-4-6-20(17(10-16)11-27)37-21-8-9-33(13-19(21)26)24(35)15(2)34/h4-7,10,12,14-15,19,21,34H,3,8-9,13H2,1-2H3,(H,29,30,31,32)/t15?,19-,21+/m1/s1. The molecule has 1 aliphatic rings. The number of hydrogen-bond acceptors (Lipinski definition) is 10. The summed E-state index contributed by atoms with van der Waals surface area (Å²) in [6.45, 7) is 3.81. The fourth-order valence-corrected chi connectivity index (χ4v) is 3.81. The molecule has 1 saturated heterocycles. The Kier molecular flexibility index (Phi) is 8.05. The molecule has 1 aromatic carbocycles. The van der Waals surface area contributed by atoms with Crippen molar-refractivity contribution in [3.63, 3.8) is 0 Å². The van der Waals surface area contributed by atoms with Crippen LogP contribution < -0.4 is 14.8 Å². The summed E-state index contributed by atoms with van der Waals surface area (Å²) in [5.74, 6) is 0.824. The third-order valence-corrected chi connectivity index (χ3v) is 5.64. The zero-order valence-corrected chi connectivity index (χ0v) is 20.3. The van der Waals surface area contributed by atoms with Crippen LogP contribution in [0.2, 0.25) is 0 Å². The lowest BCUT2D eigenvalue weighted by Crippen LogP contribution is -2.51. The number of aromatic nitrogens is 4. The van der Waals surface area contributed by atoms with Crippen molar-refractivity contribution in [2.45, 2.75) is 38.6 Å². The highest BCUT2D eigenvalue weighted by Crippen LogP contribution is 2.28. The smallest absolute Gasteiger partial charge is 0.251 e. The van der Waals surface area contributed by atoms with Crippen molar-refractivity contribution in [1.29, 1.82) is 5.26 Å².